The fourth-order valence-electron chi connectivity index (χ4n) is 6.13. The summed E-state index contributed by atoms with van der Waals surface area (Å²) >= 11 is 1.67. The highest BCUT2D eigenvalue weighted by Crippen LogP contribution is 2.56. The molecule has 0 heterocycles. The Morgan fingerprint density at radius 1 is 0.852 bits per heavy atom. The highest BCUT2D eigenvalue weighted by Gasteiger charge is 2.51. The molecule has 0 unspecified atom stereocenters. The molecule has 6 rings (SSSR count). The number of carbonyl (C=O) groups excluding carboxylic acids is 1. The summed E-state index contributed by atoms with van der Waals surface area (Å²) in [5.41, 5.74) is 1.16. The van der Waals surface area contributed by atoms with Crippen LogP contribution in [0.2, 0.25) is 0 Å². The molecule has 4 saturated carbocycles. The number of benzene rings is 2. The lowest BCUT2D eigenvalue weighted by atomic mass is 9.53. The molecule has 2 nitrogen and oxygen atoms in total. The zero-order chi connectivity index (χ0) is 18.3. The molecule has 4 fully saturated rings. The molecule has 0 aromatic heterocycles. The Balaban J connectivity index is 1.39. The molecule has 2 aromatic carbocycles. The van der Waals surface area contributed by atoms with Crippen molar-refractivity contribution in [2.75, 3.05) is 0 Å². The van der Waals surface area contributed by atoms with E-state index in [1.165, 1.54) is 38.5 Å². The van der Waals surface area contributed by atoms with Crippen LogP contribution in [0.15, 0.2) is 65.6 Å². The third kappa shape index (κ3) is 3.54. The second-order valence-corrected chi connectivity index (χ2v) is 10.1. The fraction of sp³-hybridized carbons (Fsp3) is 0.458. The average molecular weight is 378 g/mol. The summed E-state index contributed by atoms with van der Waals surface area (Å²) in [5, 5.41) is 3.39. The number of thioether (sulfide) groups is 1. The van der Waals surface area contributed by atoms with Gasteiger partial charge in [0.1, 0.15) is 5.25 Å². The van der Waals surface area contributed by atoms with E-state index in [0.717, 1.165) is 28.2 Å². The highest BCUT2D eigenvalue weighted by atomic mass is 32.2. The lowest BCUT2D eigenvalue weighted by molar-refractivity contribution is -0.126. The summed E-state index contributed by atoms with van der Waals surface area (Å²) in [6.07, 6.45) is 7.79. The van der Waals surface area contributed by atoms with Gasteiger partial charge in [0, 0.05) is 10.4 Å². The van der Waals surface area contributed by atoms with E-state index in [0.29, 0.717) is 0 Å². The lowest BCUT2D eigenvalue weighted by Gasteiger charge is -2.57. The van der Waals surface area contributed by atoms with Crippen molar-refractivity contribution >= 4 is 17.7 Å². The van der Waals surface area contributed by atoms with Crippen molar-refractivity contribution in [2.45, 2.75) is 54.2 Å². The van der Waals surface area contributed by atoms with Gasteiger partial charge >= 0.3 is 0 Å². The average Bonchev–Trinajstić information content (AvgIpc) is 2.66. The Bertz CT molecular complexity index is 768. The molecular weight excluding hydrogens is 350 g/mol. The van der Waals surface area contributed by atoms with Gasteiger partial charge in [0.25, 0.3) is 0 Å². The van der Waals surface area contributed by atoms with Crippen LogP contribution in [0.1, 0.15) is 49.3 Å². The van der Waals surface area contributed by atoms with Crippen LogP contribution in [-0.2, 0) is 4.79 Å². The third-order valence-corrected chi connectivity index (χ3v) is 8.03. The molecule has 1 atom stereocenters. The van der Waals surface area contributed by atoms with Gasteiger partial charge in [0.15, 0.2) is 0 Å². The van der Waals surface area contributed by atoms with Crippen LogP contribution in [0.4, 0.5) is 0 Å². The maximum atomic E-state index is 13.5. The maximum absolute atomic E-state index is 13.5. The van der Waals surface area contributed by atoms with Crippen molar-refractivity contribution in [3.63, 3.8) is 0 Å². The Hall–Kier alpha value is -1.74. The van der Waals surface area contributed by atoms with Gasteiger partial charge in [0.2, 0.25) is 5.91 Å². The first-order valence-electron chi connectivity index (χ1n) is 10.3. The second kappa shape index (κ2) is 7.01. The highest BCUT2D eigenvalue weighted by molar-refractivity contribution is 8.00. The van der Waals surface area contributed by atoms with Crippen LogP contribution in [0.25, 0.3) is 0 Å². The van der Waals surface area contributed by atoms with Gasteiger partial charge in [-0.25, -0.2) is 0 Å². The molecule has 140 valence electrons. The first-order chi connectivity index (χ1) is 13.2. The predicted molar refractivity (Wildman–Crippen MR) is 111 cm³/mol. The zero-order valence-electron chi connectivity index (χ0n) is 15.6. The van der Waals surface area contributed by atoms with Crippen molar-refractivity contribution in [1.82, 2.24) is 5.32 Å². The van der Waals surface area contributed by atoms with Gasteiger partial charge in [-0.1, -0.05) is 48.5 Å². The Labute approximate surface area is 166 Å². The summed E-state index contributed by atoms with van der Waals surface area (Å²) in [5.74, 6) is 2.72. The number of rotatable bonds is 5. The number of carbonyl (C=O) groups is 1. The molecule has 0 spiro atoms. The van der Waals surface area contributed by atoms with E-state index in [2.05, 4.69) is 29.6 Å². The standard InChI is InChI=1S/C24H27NOS/c26-23(25-24-14-17-11-18(15-24)13-19(12-17)16-24)22(20-7-3-1-4-8-20)27-21-9-5-2-6-10-21/h1-10,17-19,22H,11-16H2,(H,25,26)/t17?,18?,19?,22-,24?/m0/s1. The van der Waals surface area contributed by atoms with E-state index >= 15 is 0 Å². The predicted octanol–water partition coefficient (Wildman–Crippen LogP) is 5.61. The summed E-state index contributed by atoms with van der Waals surface area (Å²) in [7, 11) is 0. The van der Waals surface area contributed by atoms with Crippen LogP contribution in [0.3, 0.4) is 0 Å². The van der Waals surface area contributed by atoms with Crippen molar-refractivity contribution in [3.05, 3.63) is 66.2 Å². The molecule has 4 aliphatic carbocycles. The maximum Gasteiger partial charge on any atom is 0.238 e. The molecule has 27 heavy (non-hydrogen) atoms. The molecular formula is C24H27NOS. The second-order valence-electron chi connectivity index (χ2n) is 8.91. The Kier molecular flexibility index (Phi) is 4.51. The van der Waals surface area contributed by atoms with Gasteiger partial charge in [-0.2, -0.15) is 0 Å². The first kappa shape index (κ1) is 17.4. The molecule has 3 heteroatoms. The first-order valence-corrected chi connectivity index (χ1v) is 11.2. The molecule has 0 aliphatic heterocycles. The van der Waals surface area contributed by atoms with Crippen molar-refractivity contribution in [3.8, 4) is 0 Å². The summed E-state index contributed by atoms with van der Waals surface area (Å²) in [6, 6.07) is 20.6. The van der Waals surface area contributed by atoms with E-state index in [9.17, 15) is 4.79 Å². The van der Waals surface area contributed by atoms with Gasteiger partial charge in [-0.15, -0.1) is 11.8 Å². The molecule has 2 aromatic rings. The molecule has 4 aliphatic rings. The number of nitrogens with one attached hydrogen (secondary N) is 1. The SMILES string of the molecule is O=C(NC12CC3CC(CC(C3)C1)C2)[C@@H](Sc1ccccc1)c1ccccc1. The van der Waals surface area contributed by atoms with Crippen LogP contribution < -0.4 is 5.32 Å². The molecule has 0 saturated heterocycles. The lowest BCUT2D eigenvalue weighted by Crippen LogP contribution is -2.60. The molecule has 0 radical (unpaired) electrons. The van der Waals surface area contributed by atoms with Gasteiger partial charge < -0.3 is 5.32 Å². The summed E-state index contributed by atoms with van der Waals surface area (Å²) in [4.78, 5) is 14.6. The van der Waals surface area contributed by atoms with E-state index in [1.807, 2.05) is 36.4 Å². The topological polar surface area (TPSA) is 29.1 Å². The van der Waals surface area contributed by atoms with E-state index < -0.39 is 0 Å². The fourth-order valence-corrected chi connectivity index (χ4v) is 7.17. The van der Waals surface area contributed by atoms with Gasteiger partial charge in [-0.3, -0.25) is 4.79 Å². The molecule has 1 amide bonds. The van der Waals surface area contributed by atoms with E-state index in [4.69, 9.17) is 0 Å². The number of amides is 1. The number of hydrogen-bond donors (Lipinski definition) is 1. The quantitative estimate of drug-likeness (QED) is 0.687. The van der Waals surface area contributed by atoms with Crippen LogP contribution in [0.5, 0.6) is 0 Å². The number of hydrogen-bond acceptors (Lipinski definition) is 2. The Morgan fingerprint density at radius 2 is 1.37 bits per heavy atom. The van der Waals surface area contributed by atoms with Gasteiger partial charge in [0.05, 0.1) is 0 Å². The van der Waals surface area contributed by atoms with Crippen molar-refractivity contribution in [2.24, 2.45) is 17.8 Å². The van der Waals surface area contributed by atoms with E-state index in [1.54, 1.807) is 11.8 Å². The van der Waals surface area contributed by atoms with Crippen molar-refractivity contribution in [1.29, 1.82) is 0 Å². The van der Waals surface area contributed by atoms with Crippen molar-refractivity contribution < 1.29 is 4.79 Å². The minimum Gasteiger partial charge on any atom is -0.349 e. The zero-order valence-corrected chi connectivity index (χ0v) is 16.5. The molecule has 1 N–H and O–H groups in total. The van der Waals surface area contributed by atoms with Crippen LogP contribution in [0, 0.1) is 17.8 Å². The van der Waals surface area contributed by atoms with Gasteiger partial charge in [-0.05, 0) is 74.0 Å². The monoisotopic (exact) mass is 377 g/mol. The van der Waals surface area contributed by atoms with Crippen LogP contribution in [-0.4, -0.2) is 11.4 Å². The minimum absolute atomic E-state index is 0.0656. The molecule has 4 bridgehead atoms. The normalized spacial score (nSPS) is 32.2. The minimum atomic E-state index is -0.193. The van der Waals surface area contributed by atoms with E-state index in [-0.39, 0.29) is 16.7 Å². The van der Waals surface area contributed by atoms with Crippen LogP contribution >= 0.6 is 11.8 Å². The smallest absolute Gasteiger partial charge is 0.238 e. The third-order valence-electron chi connectivity index (χ3n) is 6.76. The summed E-state index contributed by atoms with van der Waals surface area (Å²) in [6.45, 7) is 0. The Morgan fingerprint density at radius 3 is 1.93 bits per heavy atom. The summed E-state index contributed by atoms with van der Waals surface area (Å²) < 4.78 is 0. The largest absolute Gasteiger partial charge is 0.349 e.